The van der Waals surface area contributed by atoms with E-state index in [0.717, 1.165) is 69.2 Å². The molecule has 1 aromatic carbocycles. The highest BCUT2D eigenvalue weighted by Gasteiger charge is 2.50. The summed E-state index contributed by atoms with van der Waals surface area (Å²) in [6.45, 7) is 0.255. The number of nitrogens with two attached hydrogens (primary N) is 1. The van der Waals surface area contributed by atoms with Gasteiger partial charge in [0.05, 0.1) is 18.3 Å². The first-order valence-electron chi connectivity index (χ1n) is 17.0. The number of fused-ring (bicyclic) bond motifs is 2. The lowest BCUT2D eigenvalue weighted by atomic mass is 9.72. The Morgan fingerprint density at radius 2 is 1.79 bits per heavy atom. The van der Waals surface area contributed by atoms with Crippen LogP contribution in [0.5, 0.6) is 0 Å². The van der Waals surface area contributed by atoms with Gasteiger partial charge in [-0.25, -0.2) is 9.97 Å². The van der Waals surface area contributed by atoms with Crippen molar-refractivity contribution in [2.45, 2.75) is 88.9 Å². The van der Waals surface area contributed by atoms with Crippen LogP contribution in [0.3, 0.4) is 0 Å². The number of nitrogens with one attached hydrogen (secondary N) is 2. The average Bonchev–Trinajstić information content (AvgIpc) is 3.62. The standard InChI is InChI=1S/C35H43F3N8O/c1-45-28-11-7-10-24(26(28)20-42-45)33-44-30(31-32(39)40-16-17-46(31)33)22-12-14-23(15-13-22)34(47)43-29-18-27(35(36,37)38)25(19-41-29)21-8-5-3-2-4-6-9-21/h12-17,20-21,24-25,27,29,41H,2-11,18-19H2,1H3,(H2,39,40)(H,43,47). The van der Waals surface area contributed by atoms with Crippen LogP contribution in [0.25, 0.3) is 16.8 Å². The predicted molar refractivity (Wildman–Crippen MR) is 174 cm³/mol. The van der Waals surface area contributed by atoms with Crippen molar-refractivity contribution in [3.8, 4) is 11.3 Å². The molecule has 2 aliphatic carbocycles. The maximum atomic E-state index is 14.3. The van der Waals surface area contributed by atoms with E-state index in [2.05, 4.69) is 20.7 Å². The lowest BCUT2D eigenvalue weighted by molar-refractivity contribution is -0.204. The number of carbonyl (C=O) groups excluding carboxylic acids is 1. The molecule has 3 aliphatic rings. The lowest BCUT2D eigenvalue weighted by Gasteiger charge is -2.42. The van der Waals surface area contributed by atoms with Crippen molar-refractivity contribution in [3.05, 3.63) is 65.5 Å². The van der Waals surface area contributed by atoms with Gasteiger partial charge in [0.15, 0.2) is 0 Å². The minimum absolute atomic E-state index is 0.0516. The molecule has 3 aromatic heterocycles. The number of benzene rings is 1. The second kappa shape index (κ2) is 12.9. The van der Waals surface area contributed by atoms with Gasteiger partial charge in [0.25, 0.3) is 5.91 Å². The number of hydrogen-bond donors (Lipinski definition) is 3. The summed E-state index contributed by atoms with van der Waals surface area (Å²) >= 11 is 0. The van der Waals surface area contributed by atoms with Crippen molar-refractivity contribution in [1.29, 1.82) is 0 Å². The van der Waals surface area contributed by atoms with Crippen LogP contribution in [0.1, 0.15) is 97.6 Å². The summed E-state index contributed by atoms with van der Waals surface area (Å²) < 4.78 is 46.9. The Kier molecular flexibility index (Phi) is 8.71. The Balaban J connectivity index is 1.09. The van der Waals surface area contributed by atoms with E-state index < -0.39 is 30.1 Å². The van der Waals surface area contributed by atoms with E-state index >= 15 is 0 Å². The zero-order valence-electron chi connectivity index (χ0n) is 26.8. The minimum Gasteiger partial charge on any atom is -0.382 e. The molecule has 4 aromatic rings. The van der Waals surface area contributed by atoms with Gasteiger partial charge >= 0.3 is 6.18 Å². The first-order chi connectivity index (χ1) is 22.7. The van der Waals surface area contributed by atoms with Gasteiger partial charge in [-0.05, 0) is 49.7 Å². The summed E-state index contributed by atoms with van der Waals surface area (Å²) in [5.41, 5.74) is 11.3. The van der Waals surface area contributed by atoms with Crippen molar-refractivity contribution >= 4 is 17.2 Å². The number of piperidine rings is 1. The highest BCUT2D eigenvalue weighted by molar-refractivity contribution is 5.95. The minimum atomic E-state index is -4.31. The maximum Gasteiger partial charge on any atom is 0.392 e. The smallest absolute Gasteiger partial charge is 0.382 e. The quantitative estimate of drug-likeness (QED) is 0.231. The van der Waals surface area contributed by atoms with Crippen LogP contribution in [-0.2, 0) is 13.5 Å². The number of nitrogen functional groups attached to an aromatic ring is 1. The molecule has 1 amide bonds. The number of aryl methyl sites for hydroxylation is 1. The van der Waals surface area contributed by atoms with Crippen LogP contribution in [0, 0.1) is 17.8 Å². The molecule has 4 unspecified atom stereocenters. The van der Waals surface area contributed by atoms with Crippen LogP contribution in [0.2, 0.25) is 0 Å². The number of alkyl halides is 3. The molecule has 4 N–H and O–H groups in total. The molecule has 2 fully saturated rings. The molecule has 9 nitrogen and oxygen atoms in total. The van der Waals surface area contributed by atoms with E-state index in [4.69, 9.17) is 10.7 Å². The first kappa shape index (κ1) is 31.7. The van der Waals surface area contributed by atoms with Gasteiger partial charge in [-0.1, -0.05) is 57.1 Å². The third-order valence-electron chi connectivity index (χ3n) is 10.8. The van der Waals surface area contributed by atoms with Gasteiger partial charge < -0.3 is 11.1 Å². The molecule has 7 rings (SSSR count). The number of imidazole rings is 1. The summed E-state index contributed by atoms with van der Waals surface area (Å²) in [5, 5.41) is 10.6. The van der Waals surface area contributed by atoms with Crippen molar-refractivity contribution in [2.24, 2.45) is 24.8 Å². The highest BCUT2D eigenvalue weighted by atomic mass is 19.4. The molecule has 0 bridgehead atoms. The largest absolute Gasteiger partial charge is 0.392 e. The van der Waals surface area contributed by atoms with Gasteiger partial charge in [0.1, 0.15) is 22.9 Å². The van der Waals surface area contributed by atoms with E-state index in [9.17, 15) is 18.0 Å². The normalized spacial score (nSPS) is 24.4. The second-order valence-electron chi connectivity index (χ2n) is 13.6. The molecule has 12 heteroatoms. The number of nitrogens with zero attached hydrogens (tertiary/aromatic N) is 5. The summed E-state index contributed by atoms with van der Waals surface area (Å²) in [7, 11) is 1.96. The summed E-state index contributed by atoms with van der Waals surface area (Å²) in [6, 6.07) is 6.98. The Morgan fingerprint density at radius 3 is 2.53 bits per heavy atom. The third kappa shape index (κ3) is 6.24. The Bertz CT molecular complexity index is 1720. The molecular formula is C35H43F3N8O. The molecule has 4 atom stereocenters. The topological polar surface area (TPSA) is 115 Å². The molecule has 0 spiro atoms. The molecular weight excluding hydrogens is 605 g/mol. The first-order valence-corrected chi connectivity index (χ1v) is 17.0. The van der Waals surface area contributed by atoms with E-state index in [0.29, 0.717) is 22.6 Å². The maximum absolute atomic E-state index is 14.3. The van der Waals surface area contributed by atoms with Crippen LogP contribution < -0.4 is 16.4 Å². The second-order valence-corrected chi connectivity index (χ2v) is 13.6. The van der Waals surface area contributed by atoms with Crippen molar-refractivity contribution in [3.63, 3.8) is 0 Å². The molecule has 0 radical (unpaired) electrons. The van der Waals surface area contributed by atoms with Crippen molar-refractivity contribution in [2.75, 3.05) is 12.3 Å². The summed E-state index contributed by atoms with van der Waals surface area (Å²) in [4.78, 5) is 22.7. The number of rotatable bonds is 5. The van der Waals surface area contributed by atoms with Crippen LogP contribution >= 0.6 is 0 Å². The van der Waals surface area contributed by atoms with Gasteiger partial charge in [0, 0.05) is 54.3 Å². The Hall–Kier alpha value is -3.93. The molecule has 47 heavy (non-hydrogen) atoms. The highest BCUT2D eigenvalue weighted by Crippen LogP contribution is 2.44. The Labute approximate surface area is 272 Å². The number of anilines is 1. The zero-order valence-corrected chi connectivity index (χ0v) is 26.8. The SMILES string of the molecule is Cn1ncc2c1CCCC2c1nc(-c2ccc(C(=O)NC3CC(C(F)(F)F)C(C4CCCCCCC4)CN3)cc2)c2c(N)nccn12. The fourth-order valence-electron chi connectivity index (χ4n) is 8.36. The third-order valence-corrected chi connectivity index (χ3v) is 10.8. The van der Waals surface area contributed by atoms with E-state index in [1.807, 2.05) is 28.5 Å². The zero-order chi connectivity index (χ0) is 32.7. The number of carbonyl (C=O) groups is 1. The number of halogens is 3. The lowest BCUT2D eigenvalue weighted by Crippen LogP contribution is -2.57. The van der Waals surface area contributed by atoms with Gasteiger partial charge in [-0.3, -0.25) is 19.2 Å². The van der Waals surface area contributed by atoms with Crippen molar-refractivity contribution in [1.82, 2.24) is 34.8 Å². The van der Waals surface area contributed by atoms with Gasteiger partial charge in [0.2, 0.25) is 0 Å². The Morgan fingerprint density at radius 1 is 1.04 bits per heavy atom. The number of hydrogen-bond acceptors (Lipinski definition) is 6. The van der Waals surface area contributed by atoms with Crippen LogP contribution in [-0.4, -0.2) is 48.9 Å². The van der Waals surface area contributed by atoms with E-state index in [-0.39, 0.29) is 24.8 Å². The summed E-state index contributed by atoms with van der Waals surface area (Å²) in [5.74, 6) is -0.985. The van der Waals surface area contributed by atoms with Gasteiger partial charge in [-0.2, -0.15) is 18.3 Å². The van der Waals surface area contributed by atoms with Gasteiger partial charge in [-0.15, -0.1) is 0 Å². The summed E-state index contributed by atoms with van der Waals surface area (Å²) in [6.07, 6.45) is 10.2. The number of amides is 1. The average molecular weight is 649 g/mol. The fourth-order valence-corrected chi connectivity index (χ4v) is 8.36. The van der Waals surface area contributed by atoms with Crippen LogP contribution in [0.4, 0.5) is 19.0 Å². The van der Waals surface area contributed by atoms with E-state index in [1.54, 1.807) is 30.5 Å². The number of aromatic nitrogens is 5. The molecule has 1 saturated heterocycles. The molecule has 1 aliphatic heterocycles. The molecule has 1 saturated carbocycles. The van der Waals surface area contributed by atoms with Crippen LogP contribution in [0.15, 0.2) is 42.9 Å². The predicted octanol–water partition coefficient (Wildman–Crippen LogP) is 6.38. The fraction of sp³-hybridized carbons (Fsp3) is 0.543. The van der Waals surface area contributed by atoms with E-state index in [1.165, 1.54) is 17.7 Å². The molecule has 4 heterocycles. The molecule has 250 valence electrons. The monoisotopic (exact) mass is 648 g/mol. The van der Waals surface area contributed by atoms with Crippen molar-refractivity contribution < 1.29 is 18.0 Å².